The molecule has 5 heteroatoms. The number of amides is 2. The van der Waals surface area contributed by atoms with Crippen LogP contribution in [0.3, 0.4) is 0 Å². The second kappa shape index (κ2) is 12.5. The molecular weight excluding hydrogens is 268 g/mol. The van der Waals surface area contributed by atoms with Crippen LogP contribution in [-0.4, -0.2) is 31.7 Å². The zero-order valence-corrected chi connectivity index (χ0v) is 14.0. The largest absolute Gasteiger partial charge is 0.467 e. The molecule has 0 saturated heterocycles. The Morgan fingerprint density at radius 1 is 1.05 bits per heavy atom. The first-order valence-corrected chi connectivity index (χ1v) is 8.18. The molecule has 0 aliphatic carbocycles. The highest BCUT2D eigenvalue weighted by molar-refractivity contribution is 5.83. The van der Waals surface area contributed by atoms with Crippen molar-refractivity contribution in [2.24, 2.45) is 5.92 Å². The average molecular weight is 300 g/mol. The van der Waals surface area contributed by atoms with Crippen molar-refractivity contribution >= 4 is 12.0 Å². The van der Waals surface area contributed by atoms with E-state index in [1.807, 2.05) is 13.8 Å². The summed E-state index contributed by atoms with van der Waals surface area (Å²) in [4.78, 5) is 23.5. The van der Waals surface area contributed by atoms with E-state index in [1.54, 1.807) is 0 Å². The van der Waals surface area contributed by atoms with Gasteiger partial charge < -0.3 is 15.4 Å². The van der Waals surface area contributed by atoms with Crippen LogP contribution < -0.4 is 10.6 Å². The minimum atomic E-state index is -0.579. The fourth-order valence-corrected chi connectivity index (χ4v) is 2.10. The molecule has 0 bridgehead atoms. The quantitative estimate of drug-likeness (QED) is 0.455. The molecule has 0 aromatic rings. The maximum Gasteiger partial charge on any atom is 0.328 e. The Kier molecular flexibility index (Phi) is 11.7. The first-order chi connectivity index (χ1) is 10.1. The van der Waals surface area contributed by atoms with Crippen LogP contribution >= 0.6 is 0 Å². The van der Waals surface area contributed by atoms with Gasteiger partial charge in [-0.25, -0.2) is 9.59 Å². The molecule has 21 heavy (non-hydrogen) atoms. The van der Waals surface area contributed by atoms with Gasteiger partial charge in [0.15, 0.2) is 0 Å². The molecule has 0 aliphatic rings. The molecule has 2 atom stereocenters. The van der Waals surface area contributed by atoms with Crippen molar-refractivity contribution in [2.45, 2.75) is 71.8 Å². The zero-order valence-electron chi connectivity index (χ0n) is 14.0. The van der Waals surface area contributed by atoms with Crippen molar-refractivity contribution in [1.82, 2.24) is 10.6 Å². The van der Waals surface area contributed by atoms with Crippen LogP contribution in [0, 0.1) is 5.92 Å². The Balaban J connectivity index is 3.91. The number of carbonyl (C=O) groups is 2. The molecule has 0 aromatic carbocycles. The maximum atomic E-state index is 11.8. The summed E-state index contributed by atoms with van der Waals surface area (Å²) in [6, 6.07) is -0.871. The van der Waals surface area contributed by atoms with E-state index in [1.165, 1.54) is 32.8 Å². The number of hydrogen-bond acceptors (Lipinski definition) is 3. The lowest BCUT2D eigenvalue weighted by Crippen LogP contribution is -2.49. The van der Waals surface area contributed by atoms with Gasteiger partial charge in [-0.3, -0.25) is 0 Å². The second-order valence-corrected chi connectivity index (χ2v) is 5.55. The number of rotatable bonds is 11. The molecule has 0 saturated carbocycles. The first-order valence-electron chi connectivity index (χ1n) is 8.18. The van der Waals surface area contributed by atoms with Gasteiger partial charge in [-0.2, -0.15) is 0 Å². The minimum absolute atomic E-state index is 0.0530. The van der Waals surface area contributed by atoms with E-state index >= 15 is 0 Å². The third-order valence-corrected chi connectivity index (χ3v) is 3.77. The molecule has 124 valence electrons. The number of nitrogens with one attached hydrogen (secondary N) is 2. The number of esters is 1. The summed E-state index contributed by atoms with van der Waals surface area (Å²) < 4.78 is 4.74. The molecule has 2 amide bonds. The van der Waals surface area contributed by atoms with Crippen LogP contribution in [0.1, 0.15) is 65.7 Å². The van der Waals surface area contributed by atoms with Crippen molar-refractivity contribution < 1.29 is 14.3 Å². The van der Waals surface area contributed by atoms with Gasteiger partial charge in [-0.1, -0.05) is 59.3 Å². The smallest absolute Gasteiger partial charge is 0.328 e. The van der Waals surface area contributed by atoms with Crippen molar-refractivity contribution in [1.29, 1.82) is 0 Å². The van der Waals surface area contributed by atoms with Gasteiger partial charge in [0.05, 0.1) is 7.11 Å². The monoisotopic (exact) mass is 300 g/mol. The van der Waals surface area contributed by atoms with E-state index in [0.29, 0.717) is 6.54 Å². The molecule has 2 unspecified atom stereocenters. The number of unbranched alkanes of at least 4 members (excludes halogenated alkanes) is 5. The highest BCUT2D eigenvalue weighted by atomic mass is 16.5. The van der Waals surface area contributed by atoms with E-state index in [0.717, 1.165) is 19.3 Å². The Labute approximate surface area is 129 Å². The van der Waals surface area contributed by atoms with Crippen LogP contribution in [0.5, 0.6) is 0 Å². The van der Waals surface area contributed by atoms with E-state index in [2.05, 4.69) is 17.6 Å². The van der Waals surface area contributed by atoms with Crippen LogP contribution in [0.2, 0.25) is 0 Å². The second-order valence-electron chi connectivity index (χ2n) is 5.55. The Morgan fingerprint density at radius 3 is 2.24 bits per heavy atom. The molecular formula is C16H32N2O3. The van der Waals surface area contributed by atoms with E-state index < -0.39 is 6.04 Å². The van der Waals surface area contributed by atoms with Gasteiger partial charge in [0.25, 0.3) is 0 Å². The summed E-state index contributed by atoms with van der Waals surface area (Å²) in [5.41, 5.74) is 0. The number of hydrogen-bond donors (Lipinski definition) is 2. The highest BCUT2D eigenvalue weighted by Crippen LogP contribution is 2.09. The van der Waals surface area contributed by atoms with Crippen molar-refractivity contribution in [3.8, 4) is 0 Å². The zero-order chi connectivity index (χ0) is 16.1. The molecule has 0 heterocycles. The standard InChI is InChI=1S/C16H32N2O3/c1-5-7-8-9-10-11-12-17-16(20)18-14(13(3)6-2)15(19)21-4/h13-14H,5-12H2,1-4H3,(H2,17,18,20). The molecule has 0 aliphatic heterocycles. The van der Waals surface area contributed by atoms with Gasteiger partial charge in [0, 0.05) is 6.54 Å². The summed E-state index contributed by atoms with van der Waals surface area (Å²) in [6.07, 6.45) is 7.91. The summed E-state index contributed by atoms with van der Waals surface area (Å²) in [5.74, 6) is -0.337. The third kappa shape index (κ3) is 9.32. The average Bonchev–Trinajstić information content (AvgIpc) is 2.50. The molecule has 0 aromatic heterocycles. The topological polar surface area (TPSA) is 67.4 Å². The summed E-state index contributed by atoms with van der Waals surface area (Å²) in [6.45, 7) is 6.75. The lowest BCUT2D eigenvalue weighted by atomic mass is 9.99. The Hall–Kier alpha value is -1.26. The van der Waals surface area contributed by atoms with Gasteiger partial charge in [0.1, 0.15) is 6.04 Å². The van der Waals surface area contributed by atoms with Crippen LogP contribution in [0.25, 0.3) is 0 Å². The number of urea groups is 1. The fraction of sp³-hybridized carbons (Fsp3) is 0.875. The van der Waals surface area contributed by atoms with E-state index in [4.69, 9.17) is 4.74 Å². The predicted octanol–water partition coefficient (Wildman–Crippen LogP) is 3.23. The van der Waals surface area contributed by atoms with E-state index in [-0.39, 0.29) is 17.9 Å². The van der Waals surface area contributed by atoms with E-state index in [9.17, 15) is 9.59 Å². The van der Waals surface area contributed by atoms with Gasteiger partial charge in [0.2, 0.25) is 0 Å². The predicted molar refractivity (Wildman–Crippen MR) is 85.2 cm³/mol. The van der Waals surface area contributed by atoms with Gasteiger partial charge in [-0.05, 0) is 12.3 Å². The van der Waals surface area contributed by atoms with Crippen molar-refractivity contribution in [2.75, 3.05) is 13.7 Å². The van der Waals surface area contributed by atoms with Crippen LogP contribution in [0.4, 0.5) is 4.79 Å². The summed E-state index contributed by atoms with van der Waals surface area (Å²) in [5, 5.41) is 5.51. The highest BCUT2D eigenvalue weighted by Gasteiger charge is 2.26. The van der Waals surface area contributed by atoms with Crippen molar-refractivity contribution in [3.63, 3.8) is 0 Å². The Bertz CT molecular complexity index is 295. The van der Waals surface area contributed by atoms with Gasteiger partial charge in [-0.15, -0.1) is 0 Å². The lowest BCUT2D eigenvalue weighted by molar-refractivity contribution is -0.144. The molecule has 0 spiro atoms. The fourth-order valence-electron chi connectivity index (χ4n) is 2.10. The summed E-state index contributed by atoms with van der Waals surface area (Å²) >= 11 is 0. The van der Waals surface area contributed by atoms with Crippen LogP contribution in [0.15, 0.2) is 0 Å². The first kappa shape index (κ1) is 19.7. The van der Waals surface area contributed by atoms with Crippen LogP contribution in [-0.2, 0) is 9.53 Å². The molecule has 5 nitrogen and oxygen atoms in total. The summed E-state index contributed by atoms with van der Waals surface area (Å²) in [7, 11) is 1.34. The third-order valence-electron chi connectivity index (χ3n) is 3.77. The molecule has 0 fully saturated rings. The lowest BCUT2D eigenvalue weighted by Gasteiger charge is -2.22. The molecule has 2 N–H and O–H groups in total. The minimum Gasteiger partial charge on any atom is -0.467 e. The normalized spacial score (nSPS) is 13.3. The molecule has 0 rings (SSSR count). The van der Waals surface area contributed by atoms with Gasteiger partial charge >= 0.3 is 12.0 Å². The Morgan fingerprint density at radius 2 is 1.67 bits per heavy atom. The maximum absolute atomic E-state index is 11.8. The SMILES string of the molecule is CCCCCCCCNC(=O)NC(C(=O)OC)C(C)CC. The molecule has 0 radical (unpaired) electrons. The number of methoxy groups -OCH3 is 1. The number of carbonyl (C=O) groups excluding carboxylic acids is 2. The van der Waals surface area contributed by atoms with Crippen molar-refractivity contribution in [3.05, 3.63) is 0 Å². The number of ether oxygens (including phenoxy) is 1.